The molecule has 0 bridgehead atoms. The molecule has 0 aliphatic heterocycles. The van der Waals surface area contributed by atoms with Crippen LogP contribution in [0.3, 0.4) is 0 Å². The molecule has 1 N–H and O–H groups in total. The van der Waals surface area contributed by atoms with Gasteiger partial charge < -0.3 is 9.73 Å². The average molecular weight is 287 g/mol. The zero-order valence-electron chi connectivity index (χ0n) is 14.6. The highest BCUT2D eigenvalue weighted by molar-refractivity contribution is 5.84. The third kappa shape index (κ3) is 3.01. The smallest absolute Gasteiger partial charge is 0.134 e. The number of furan rings is 1. The van der Waals surface area contributed by atoms with Crippen LogP contribution in [0, 0.1) is 0 Å². The van der Waals surface area contributed by atoms with Crippen LogP contribution in [-0.4, -0.2) is 7.05 Å². The zero-order chi connectivity index (χ0) is 15.8. The van der Waals surface area contributed by atoms with Crippen LogP contribution in [0.1, 0.15) is 64.9 Å². The van der Waals surface area contributed by atoms with Crippen molar-refractivity contribution in [3.8, 4) is 0 Å². The summed E-state index contributed by atoms with van der Waals surface area (Å²) in [5.41, 5.74) is 4.00. The number of fused-ring (bicyclic) bond motifs is 1. The maximum Gasteiger partial charge on any atom is 0.134 e. The molecule has 116 valence electrons. The second kappa shape index (κ2) is 5.49. The first-order chi connectivity index (χ1) is 9.70. The summed E-state index contributed by atoms with van der Waals surface area (Å²) in [5.74, 6) is 1.06. The minimum absolute atomic E-state index is 0.0758. The number of benzene rings is 1. The molecular weight excluding hydrogens is 258 g/mol. The van der Waals surface area contributed by atoms with Crippen LogP contribution in [-0.2, 0) is 17.4 Å². The van der Waals surface area contributed by atoms with Crippen LogP contribution < -0.4 is 5.32 Å². The predicted octanol–water partition coefficient (Wildman–Crippen LogP) is 5.14. The van der Waals surface area contributed by atoms with E-state index >= 15 is 0 Å². The Hall–Kier alpha value is -1.28. The lowest BCUT2D eigenvalue weighted by atomic mass is 9.79. The summed E-state index contributed by atoms with van der Waals surface area (Å²) >= 11 is 0. The first-order valence-electron chi connectivity index (χ1n) is 7.91. The van der Waals surface area contributed by atoms with E-state index in [1.807, 2.05) is 7.05 Å². The Morgan fingerprint density at radius 3 is 2.29 bits per heavy atom. The largest absolute Gasteiger partial charge is 0.459 e. The van der Waals surface area contributed by atoms with Gasteiger partial charge in [0.25, 0.3) is 0 Å². The monoisotopic (exact) mass is 287 g/mol. The van der Waals surface area contributed by atoms with Crippen LogP contribution in [0.5, 0.6) is 0 Å². The third-order valence-corrected chi connectivity index (χ3v) is 4.51. The van der Waals surface area contributed by atoms with Crippen molar-refractivity contribution < 1.29 is 4.42 Å². The Labute approximate surface area is 128 Å². The highest BCUT2D eigenvalue weighted by Gasteiger charge is 2.26. The Kier molecular flexibility index (Phi) is 4.21. The van der Waals surface area contributed by atoms with Gasteiger partial charge in [-0.2, -0.15) is 0 Å². The van der Waals surface area contributed by atoms with E-state index in [0.29, 0.717) is 0 Å². The molecule has 2 heteroatoms. The fourth-order valence-electron chi connectivity index (χ4n) is 2.88. The van der Waals surface area contributed by atoms with Gasteiger partial charge in [0.05, 0.1) is 6.54 Å². The van der Waals surface area contributed by atoms with E-state index in [2.05, 4.69) is 65.1 Å². The molecule has 1 aromatic heterocycles. The zero-order valence-corrected chi connectivity index (χ0v) is 14.6. The van der Waals surface area contributed by atoms with Crippen molar-refractivity contribution in [2.75, 3.05) is 7.05 Å². The molecule has 1 heterocycles. The van der Waals surface area contributed by atoms with Gasteiger partial charge in [-0.05, 0) is 42.0 Å². The topological polar surface area (TPSA) is 25.2 Å². The predicted molar refractivity (Wildman–Crippen MR) is 91.0 cm³/mol. The second-order valence-electron chi connectivity index (χ2n) is 7.63. The number of hydrogen-bond donors (Lipinski definition) is 1. The van der Waals surface area contributed by atoms with E-state index in [1.54, 1.807) is 0 Å². The molecule has 0 spiro atoms. The highest BCUT2D eigenvalue weighted by atomic mass is 16.3. The van der Waals surface area contributed by atoms with E-state index in [0.717, 1.165) is 24.3 Å². The Balaban J connectivity index is 2.70. The molecule has 0 fully saturated rings. The molecule has 0 atom stereocenters. The van der Waals surface area contributed by atoms with Crippen molar-refractivity contribution in [2.24, 2.45) is 0 Å². The molecule has 0 radical (unpaired) electrons. The molecule has 0 saturated carbocycles. The lowest BCUT2D eigenvalue weighted by Gasteiger charge is -2.24. The average Bonchev–Trinajstić information content (AvgIpc) is 2.75. The van der Waals surface area contributed by atoms with Gasteiger partial charge in [-0.15, -0.1) is 0 Å². The van der Waals surface area contributed by atoms with Crippen molar-refractivity contribution in [1.29, 1.82) is 0 Å². The number of nitrogens with one attached hydrogen (secondary N) is 1. The summed E-state index contributed by atoms with van der Waals surface area (Å²) in [6.07, 6.45) is 1.13. The van der Waals surface area contributed by atoms with Crippen molar-refractivity contribution in [1.82, 2.24) is 5.32 Å². The van der Waals surface area contributed by atoms with Crippen molar-refractivity contribution in [2.45, 2.75) is 65.3 Å². The minimum Gasteiger partial charge on any atom is -0.459 e. The molecule has 2 rings (SSSR count). The van der Waals surface area contributed by atoms with E-state index in [9.17, 15) is 0 Å². The van der Waals surface area contributed by atoms with E-state index < -0.39 is 0 Å². The molecule has 0 aliphatic carbocycles. The second-order valence-corrected chi connectivity index (χ2v) is 7.63. The third-order valence-electron chi connectivity index (χ3n) is 4.51. The quantitative estimate of drug-likeness (QED) is 0.842. The maximum absolute atomic E-state index is 6.10. The normalized spacial score (nSPS) is 13.1. The summed E-state index contributed by atoms with van der Waals surface area (Å²) in [6.45, 7) is 14.4. The standard InChI is InChI=1S/C19H29NO/c1-8-19(5,6)13-9-10-15-14(11-13)17(18(2,3)4)16(21-15)12-20-7/h9-11,20H,8,12H2,1-7H3. The van der Waals surface area contributed by atoms with Gasteiger partial charge in [0.15, 0.2) is 0 Å². The first kappa shape index (κ1) is 16.1. The van der Waals surface area contributed by atoms with Gasteiger partial charge in [-0.3, -0.25) is 0 Å². The molecule has 0 saturated heterocycles. The Morgan fingerprint density at radius 2 is 1.76 bits per heavy atom. The molecule has 2 nitrogen and oxygen atoms in total. The minimum atomic E-state index is 0.0758. The van der Waals surface area contributed by atoms with Crippen molar-refractivity contribution >= 4 is 11.0 Å². The van der Waals surface area contributed by atoms with Gasteiger partial charge in [-0.1, -0.05) is 47.6 Å². The van der Waals surface area contributed by atoms with Crippen LogP contribution in [0.4, 0.5) is 0 Å². The molecular formula is C19H29NO. The number of hydrogen-bond acceptors (Lipinski definition) is 2. The summed E-state index contributed by atoms with van der Waals surface area (Å²) in [7, 11) is 1.96. The summed E-state index contributed by atoms with van der Waals surface area (Å²) in [6, 6.07) is 6.68. The van der Waals surface area contributed by atoms with Gasteiger partial charge >= 0.3 is 0 Å². The fraction of sp³-hybridized carbons (Fsp3) is 0.579. The molecule has 0 unspecified atom stereocenters. The Bertz CT molecular complexity index is 629. The van der Waals surface area contributed by atoms with E-state index in [4.69, 9.17) is 4.42 Å². The van der Waals surface area contributed by atoms with E-state index in [-0.39, 0.29) is 10.8 Å². The van der Waals surface area contributed by atoms with E-state index in [1.165, 1.54) is 16.5 Å². The Morgan fingerprint density at radius 1 is 1.10 bits per heavy atom. The lowest BCUT2D eigenvalue weighted by molar-refractivity contribution is 0.494. The molecule has 2 aromatic rings. The summed E-state index contributed by atoms with van der Waals surface area (Å²) in [5, 5.41) is 4.49. The molecule has 21 heavy (non-hydrogen) atoms. The van der Waals surface area contributed by atoms with Gasteiger partial charge in [-0.25, -0.2) is 0 Å². The van der Waals surface area contributed by atoms with Gasteiger partial charge in [0, 0.05) is 10.9 Å². The molecule has 1 aromatic carbocycles. The molecule has 0 aliphatic rings. The SMILES string of the molecule is CCC(C)(C)c1ccc2oc(CNC)c(C(C)(C)C)c2c1. The fourth-order valence-corrected chi connectivity index (χ4v) is 2.88. The van der Waals surface area contributed by atoms with Crippen molar-refractivity contribution in [3.63, 3.8) is 0 Å². The lowest BCUT2D eigenvalue weighted by Crippen LogP contribution is -2.17. The van der Waals surface area contributed by atoms with Crippen molar-refractivity contribution in [3.05, 3.63) is 35.1 Å². The van der Waals surface area contributed by atoms with Crippen LogP contribution in [0.2, 0.25) is 0 Å². The van der Waals surface area contributed by atoms with Crippen LogP contribution in [0.25, 0.3) is 11.0 Å². The van der Waals surface area contributed by atoms with Crippen LogP contribution in [0.15, 0.2) is 22.6 Å². The highest BCUT2D eigenvalue weighted by Crippen LogP contribution is 2.38. The van der Waals surface area contributed by atoms with Gasteiger partial charge in [0.1, 0.15) is 11.3 Å². The van der Waals surface area contributed by atoms with Gasteiger partial charge in [0.2, 0.25) is 0 Å². The molecule has 0 amide bonds. The summed E-state index contributed by atoms with van der Waals surface area (Å²) in [4.78, 5) is 0. The number of rotatable bonds is 4. The first-order valence-corrected chi connectivity index (χ1v) is 7.91. The maximum atomic E-state index is 6.10. The summed E-state index contributed by atoms with van der Waals surface area (Å²) < 4.78 is 6.10. The van der Waals surface area contributed by atoms with Crippen LogP contribution >= 0.6 is 0 Å².